The van der Waals surface area contributed by atoms with Crippen LogP contribution < -0.4 is 15.4 Å². The number of benzene rings is 1. The van der Waals surface area contributed by atoms with Crippen LogP contribution in [0.5, 0.6) is 5.75 Å². The first-order valence-electron chi connectivity index (χ1n) is 6.54. The number of carbonyl (C=O) groups is 2. The highest BCUT2D eigenvalue weighted by molar-refractivity contribution is 5.94. The summed E-state index contributed by atoms with van der Waals surface area (Å²) in [5.41, 5.74) is 0.560. The Morgan fingerprint density at radius 3 is 2.75 bits per heavy atom. The second-order valence-corrected chi connectivity index (χ2v) is 4.83. The highest BCUT2D eigenvalue weighted by atomic mass is 16.5. The fourth-order valence-corrected chi connectivity index (χ4v) is 2.16. The SMILES string of the molecule is CCC1CC1NC(=O)Nc1ccc(C(=O)O)c(OC)c1. The summed E-state index contributed by atoms with van der Waals surface area (Å²) >= 11 is 0. The van der Waals surface area contributed by atoms with Crippen molar-refractivity contribution in [2.45, 2.75) is 25.8 Å². The van der Waals surface area contributed by atoms with E-state index in [2.05, 4.69) is 17.6 Å². The van der Waals surface area contributed by atoms with Crippen molar-refractivity contribution in [3.05, 3.63) is 23.8 Å². The number of urea groups is 1. The van der Waals surface area contributed by atoms with Gasteiger partial charge in [0.25, 0.3) is 0 Å². The first-order chi connectivity index (χ1) is 9.55. The molecular formula is C14H18N2O4. The van der Waals surface area contributed by atoms with Gasteiger partial charge in [-0.3, -0.25) is 0 Å². The topological polar surface area (TPSA) is 87.7 Å². The average Bonchev–Trinajstić information content (AvgIpc) is 3.16. The second kappa shape index (κ2) is 5.81. The number of methoxy groups -OCH3 is 1. The highest BCUT2D eigenvalue weighted by Crippen LogP contribution is 2.33. The van der Waals surface area contributed by atoms with Gasteiger partial charge in [-0.1, -0.05) is 13.3 Å². The van der Waals surface area contributed by atoms with Crippen molar-refractivity contribution in [3.8, 4) is 5.75 Å². The van der Waals surface area contributed by atoms with Gasteiger partial charge in [0.2, 0.25) is 0 Å². The van der Waals surface area contributed by atoms with Crippen LogP contribution in [0.3, 0.4) is 0 Å². The Morgan fingerprint density at radius 1 is 1.45 bits per heavy atom. The Morgan fingerprint density at radius 2 is 2.20 bits per heavy atom. The van der Waals surface area contributed by atoms with Crippen molar-refractivity contribution >= 4 is 17.7 Å². The van der Waals surface area contributed by atoms with Crippen LogP contribution in [0.25, 0.3) is 0 Å². The number of carboxylic acid groups (broad SMARTS) is 1. The van der Waals surface area contributed by atoms with Crippen LogP contribution in [0.4, 0.5) is 10.5 Å². The van der Waals surface area contributed by atoms with Crippen molar-refractivity contribution < 1.29 is 19.4 Å². The summed E-state index contributed by atoms with van der Waals surface area (Å²) in [6.07, 6.45) is 2.08. The summed E-state index contributed by atoms with van der Waals surface area (Å²) in [7, 11) is 1.39. The lowest BCUT2D eigenvalue weighted by Crippen LogP contribution is -2.31. The van der Waals surface area contributed by atoms with Gasteiger partial charge in [0, 0.05) is 17.8 Å². The molecule has 1 aliphatic carbocycles. The predicted molar refractivity (Wildman–Crippen MR) is 74.3 cm³/mol. The number of amides is 2. The molecular weight excluding hydrogens is 260 g/mol. The number of carboxylic acids is 1. The molecule has 0 aliphatic heterocycles. The molecule has 1 aromatic carbocycles. The van der Waals surface area contributed by atoms with Gasteiger partial charge in [0.05, 0.1) is 7.11 Å². The smallest absolute Gasteiger partial charge is 0.339 e. The van der Waals surface area contributed by atoms with Crippen LogP contribution in [0.2, 0.25) is 0 Å². The van der Waals surface area contributed by atoms with E-state index >= 15 is 0 Å². The minimum absolute atomic E-state index is 0.0618. The summed E-state index contributed by atoms with van der Waals surface area (Å²) in [4.78, 5) is 22.7. The maximum absolute atomic E-state index is 11.8. The molecule has 6 nitrogen and oxygen atoms in total. The zero-order chi connectivity index (χ0) is 14.7. The van der Waals surface area contributed by atoms with E-state index in [0.29, 0.717) is 11.6 Å². The van der Waals surface area contributed by atoms with Crippen LogP contribution in [-0.4, -0.2) is 30.3 Å². The molecule has 2 amide bonds. The van der Waals surface area contributed by atoms with Gasteiger partial charge in [-0.05, 0) is 24.5 Å². The number of rotatable bonds is 5. The summed E-state index contributed by atoms with van der Waals surface area (Å²) in [5.74, 6) is -0.278. The van der Waals surface area contributed by atoms with Gasteiger partial charge in [-0.25, -0.2) is 9.59 Å². The number of aromatic carboxylic acids is 1. The molecule has 1 saturated carbocycles. The lowest BCUT2D eigenvalue weighted by atomic mass is 10.2. The van der Waals surface area contributed by atoms with Crippen LogP contribution in [0.1, 0.15) is 30.1 Å². The number of hydrogen-bond donors (Lipinski definition) is 3. The molecule has 2 rings (SSSR count). The van der Waals surface area contributed by atoms with E-state index in [1.165, 1.54) is 25.3 Å². The summed E-state index contributed by atoms with van der Waals surface area (Å²) < 4.78 is 5.00. The Hall–Kier alpha value is -2.24. The summed E-state index contributed by atoms with van der Waals surface area (Å²) in [6, 6.07) is 4.41. The molecule has 0 heterocycles. The average molecular weight is 278 g/mol. The molecule has 3 N–H and O–H groups in total. The molecule has 1 aromatic rings. The largest absolute Gasteiger partial charge is 0.496 e. The standard InChI is InChI=1S/C14H18N2O4/c1-3-8-6-11(8)16-14(19)15-9-4-5-10(13(17)18)12(7-9)20-2/h4-5,7-8,11H,3,6H2,1-2H3,(H,17,18)(H2,15,16,19). The van der Waals surface area contributed by atoms with Crippen LogP contribution in [0, 0.1) is 5.92 Å². The maximum atomic E-state index is 11.8. The normalized spacial score (nSPS) is 20.1. The zero-order valence-electron chi connectivity index (χ0n) is 11.5. The molecule has 0 radical (unpaired) electrons. The van der Waals surface area contributed by atoms with E-state index in [9.17, 15) is 9.59 Å². The minimum atomic E-state index is -1.07. The summed E-state index contributed by atoms with van der Waals surface area (Å²) in [6.45, 7) is 2.10. The van der Waals surface area contributed by atoms with Gasteiger partial charge in [0.15, 0.2) is 0 Å². The minimum Gasteiger partial charge on any atom is -0.496 e. The number of hydrogen-bond acceptors (Lipinski definition) is 3. The molecule has 0 spiro atoms. The van der Waals surface area contributed by atoms with E-state index < -0.39 is 5.97 Å². The third-order valence-corrected chi connectivity index (χ3v) is 3.45. The zero-order valence-corrected chi connectivity index (χ0v) is 11.5. The van der Waals surface area contributed by atoms with Crippen LogP contribution in [-0.2, 0) is 0 Å². The molecule has 20 heavy (non-hydrogen) atoms. The van der Waals surface area contributed by atoms with E-state index in [4.69, 9.17) is 9.84 Å². The van der Waals surface area contributed by atoms with Gasteiger partial charge in [-0.2, -0.15) is 0 Å². The summed E-state index contributed by atoms with van der Waals surface area (Å²) in [5, 5.41) is 14.5. The van der Waals surface area contributed by atoms with E-state index in [0.717, 1.165) is 12.8 Å². The van der Waals surface area contributed by atoms with Gasteiger partial charge in [-0.15, -0.1) is 0 Å². The van der Waals surface area contributed by atoms with Crippen molar-refractivity contribution in [1.82, 2.24) is 5.32 Å². The van der Waals surface area contributed by atoms with Gasteiger partial charge >= 0.3 is 12.0 Å². The Balaban J connectivity index is 1.99. The van der Waals surface area contributed by atoms with Crippen LogP contribution in [0.15, 0.2) is 18.2 Å². The maximum Gasteiger partial charge on any atom is 0.339 e. The molecule has 2 atom stereocenters. The van der Waals surface area contributed by atoms with Crippen molar-refractivity contribution in [2.75, 3.05) is 12.4 Å². The molecule has 0 bridgehead atoms. The number of nitrogens with one attached hydrogen (secondary N) is 2. The quantitative estimate of drug-likeness (QED) is 0.771. The fourth-order valence-electron chi connectivity index (χ4n) is 2.16. The Kier molecular flexibility index (Phi) is 4.12. The second-order valence-electron chi connectivity index (χ2n) is 4.83. The van der Waals surface area contributed by atoms with E-state index in [-0.39, 0.29) is 23.4 Å². The molecule has 6 heteroatoms. The fraction of sp³-hybridized carbons (Fsp3) is 0.429. The Bertz CT molecular complexity index is 530. The lowest BCUT2D eigenvalue weighted by molar-refractivity contribution is 0.0693. The van der Waals surface area contributed by atoms with E-state index in [1.54, 1.807) is 0 Å². The molecule has 2 unspecified atom stereocenters. The molecule has 1 aliphatic rings. The van der Waals surface area contributed by atoms with Gasteiger partial charge in [0.1, 0.15) is 11.3 Å². The monoisotopic (exact) mass is 278 g/mol. The van der Waals surface area contributed by atoms with Gasteiger partial charge < -0.3 is 20.5 Å². The highest BCUT2D eigenvalue weighted by Gasteiger charge is 2.36. The first kappa shape index (κ1) is 14.2. The van der Waals surface area contributed by atoms with Crippen molar-refractivity contribution in [1.29, 1.82) is 0 Å². The molecule has 108 valence electrons. The Labute approximate surface area is 117 Å². The van der Waals surface area contributed by atoms with Crippen molar-refractivity contribution in [2.24, 2.45) is 5.92 Å². The lowest BCUT2D eigenvalue weighted by Gasteiger charge is -2.10. The number of carbonyl (C=O) groups excluding carboxylic acids is 1. The van der Waals surface area contributed by atoms with Crippen molar-refractivity contribution in [3.63, 3.8) is 0 Å². The third kappa shape index (κ3) is 3.20. The van der Waals surface area contributed by atoms with E-state index in [1.807, 2.05) is 0 Å². The number of anilines is 1. The predicted octanol–water partition coefficient (Wildman–Crippen LogP) is 2.31. The molecule has 0 aromatic heterocycles. The first-order valence-corrected chi connectivity index (χ1v) is 6.54. The third-order valence-electron chi connectivity index (χ3n) is 3.45. The number of ether oxygens (including phenoxy) is 1. The molecule has 1 fully saturated rings. The molecule has 0 saturated heterocycles. The van der Waals surface area contributed by atoms with Crippen LogP contribution >= 0.6 is 0 Å².